The predicted molar refractivity (Wildman–Crippen MR) is 208 cm³/mol. The molecule has 292 valence electrons. The molecule has 0 aliphatic heterocycles. The third-order valence-electron chi connectivity index (χ3n) is 8.46. The van der Waals surface area contributed by atoms with Gasteiger partial charge in [0.1, 0.15) is 0 Å². The van der Waals surface area contributed by atoms with Gasteiger partial charge in [-0.25, -0.2) is 0 Å². The minimum Gasteiger partial charge on any atom is -0.481 e. The summed E-state index contributed by atoms with van der Waals surface area (Å²) in [5.41, 5.74) is 0. The Balaban J connectivity index is -0.000000695. The summed E-state index contributed by atoms with van der Waals surface area (Å²) < 4.78 is 0. The third kappa shape index (κ3) is 58.8. The van der Waals surface area contributed by atoms with Crippen molar-refractivity contribution in [3.8, 4) is 0 Å². The fraction of sp³-hybridized carbons (Fsp3) is 0.857. The van der Waals surface area contributed by atoms with E-state index in [9.17, 15) is 9.59 Å². The molecule has 0 aromatic rings. The van der Waals surface area contributed by atoms with Gasteiger partial charge in [-0.05, 0) is 83.5 Å². The van der Waals surface area contributed by atoms with Gasteiger partial charge in [0.15, 0.2) is 0 Å². The molecule has 0 heterocycles. The second-order valence-corrected chi connectivity index (χ2v) is 13.5. The first-order valence-electron chi connectivity index (χ1n) is 20.5. The van der Waals surface area contributed by atoms with Crippen LogP contribution in [0.3, 0.4) is 0 Å². The molecule has 0 radical (unpaired) electrons. The van der Waals surface area contributed by atoms with E-state index < -0.39 is 18.0 Å². The lowest BCUT2D eigenvalue weighted by molar-refractivity contribution is -0.138. The van der Waals surface area contributed by atoms with Gasteiger partial charge < -0.3 is 25.5 Å². The Morgan fingerprint density at radius 3 is 1.04 bits per heavy atom. The molecule has 0 fully saturated rings. The maximum atomic E-state index is 10.3. The number of hydrogen-bond acceptors (Lipinski definition) is 5. The Morgan fingerprint density at radius 2 is 0.755 bits per heavy atom. The van der Waals surface area contributed by atoms with Crippen LogP contribution in [0.5, 0.6) is 0 Å². The fourth-order valence-corrected chi connectivity index (χ4v) is 5.28. The number of aliphatic carboxylic acids is 2. The quantitative estimate of drug-likeness (QED) is 0.0328. The van der Waals surface area contributed by atoms with E-state index in [-0.39, 0.29) is 13.2 Å². The Labute approximate surface area is 303 Å². The van der Waals surface area contributed by atoms with Crippen molar-refractivity contribution < 1.29 is 35.1 Å². The lowest BCUT2D eigenvalue weighted by Gasteiger charge is -2.03. The van der Waals surface area contributed by atoms with Gasteiger partial charge in [-0.15, -0.1) is 0 Å². The van der Waals surface area contributed by atoms with Crippen molar-refractivity contribution in [2.75, 3.05) is 13.2 Å². The van der Waals surface area contributed by atoms with E-state index in [2.05, 4.69) is 38.2 Å². The molecule has 0 saturated heterocycles. The number of hydrogen-bond donors (Lipinski definition) is 5. The summed E-state index contributed by atoms with van der Waals surface area (Å²) in [6.45, 7) is 4.51. The van der Waals surface area contributed by atoms with Crippen LogP contribution in [0.1, 0.15) is 213 Å². The average molecular weight is 699 g/mol. The Hall–Kier alpha value is -1.70. The van der Waals surface area contributed by atoms with Crippen LogP contribution in [-0.4, -0.2) is 56.8 Å². The highest BCUT2D eigenvalue weighted by Crippen LogP contribution is 2.11. The van der Waals surface area contributed by atoms with Gasteiger partial charge >= 0.3 is 11.9 Å². The summed E-state index contributed by atoms with van der Waals surface area (Å²) in [5, 5.41) is 42.4. The molecule has 1 unspecified atom stereocenters. The number of allylic oxidation sites excluding steroid dienone is 4. The first kappa shape index (κ1) is 51.7. The van der Waals surface area contributed by atoms with Crippen molar-refractivity contribution in [1.29, 1.82) is 0 Å². The minimum absolute atomic E-state index is 0.165. The van der Waals surface area contributed by atoms with E-state index in [0.29, 0.717) is 25.7 Å². The van der Waals surface area contributed by atoms with Crippen LogP contribution in [0.15, 0.2) is 24.3 Å². The number of rotatable bonds is 35. The molecule has 7 heteroatoms. The summed E-state index contributed by atoms with van der Waals surface area (Å²) in [6.07, 6.45) is 43.9. The monoisotopic (exact) mass is 699 g/mol. The first-order chi connectivity index (χ1) is 23.8. The molecule has 49 heavy (non-hydrogen) atoms. The fourth-order valence-electron chi connectivity index (χ4n) is 5.28. The van der Waals surface area contributed by atoms with E-state index in [1.807, 2.05) is 0 Å². The molecule has 0 bridgehead atoms. The zero-order chi connectivity index (χ0) is 36.9. The van der Waals surface area contributed by atoms with Crippen LogP contribution in [0, 0.1) is 0 Å². The van der Waals surface area contributed by atoms with Crippen molar-refractivity contribution in [1.82, 2.24) is 0 Å². The molecule has 0 aliphatic carbocycles. The average Bonchev–Trinajstić information content (AvgIpc) is 3.08. The Bertz CT molecular complexity index is 643. The molecule has 0 aromatic carbocycles. The lowest BCUT2D eigenvalue weighted by Crippen LogP contribution is -2.11. The molecule has 0 aromatic heterocycles. The van der Waals surface area contributed by atoms with Crippen molar-refractivity contribution in [3.63, 3.8) is 0 Å². The molecule has 0 saturated carbocycles. The second kappa shape index (κ2) is 48.4. The van der Waals surface area contributed by atoms with Crippen LogP contribution in [0.4, 0.5) is 0 Å². The number of carbonyl (C=O) groups is 2. The summed E-state index contributed by atoms with van der Waals surface area (Å²) in [4.78, 5) is 20.6. The van der Waals surface area contributed by atoms with Gasteiger partial charge in [0, 0.05) is 19.4 Å². The van der Waals surface area contributed by atoms with Gasteiger partial charge in [-0.1, -0.05) is 141 Å². The second-order valence-electron chi connectivity index (χ2n) is 13.5. The Morgan fingerprint density at radius 1 is 0.449 bits per heavy atom. The molecule has 5 N–H and O–H groups in total. The van der Waals surface area contributed by atoms with Crippen molar-refractivity contribution in [2.45, 2.75) is 219 Å². The number of aliphatic hydroxyl groups excluding tert-OH is 3. The SMILES string of the molecule is CCCCCCCC/C=C\CCCCCCCC(=O)O.CCCCCCCC/C=C\CCCCCCCC(=O)O.OCCCCC(O)CO. The summed E-state index contributed by atoms with van der Waals surface area (Å²) >= 11 is 0. The van der Waals surface area contributed by atoms with Crippen LogP contribution in [-0.2, 0) is 9.59 Å². The van der Waals surface area contributed by atoms with E-state index in [0.717, 1.165) is 32.1 Å². The van der Waals surface area contributed by atoms with Gasteiger partial charge in [-0.3, -0.25) is 9.59 Å². The molecule has 0 amide bonds. The van der Waals surface area contributed by atoms with Gasteiger partial charge in [0.05, 0.1) is 12.7 Å². The van der Waals surface area contributed by atoms with Crippen molar-refractivity contribution in [2.24, 2.45) is 0 Å². The number of unbranched alkanes of at least 4 members (excludes halogenated alkanes) is 23. The molecule has 0 spiro atoms. The van der Waals surface area contributed by atoms with Gasteiger partial charge in [0.2, 0.25) is 0 Å². The molecule has 7 nitrogen and oxygen atoms in total. The number of carboxylic acid groups (broad SMARTS) is 2. The van der Waals surface area contributed by atoms with E-state index in [1.54, 1.807) is 0 Å². The highest BCUT2D eigenvalue weighted by Gasteiger charge is 1.99. The number of carboxylic acids is 2. The van der Waals surface area contributed by atoms with Crippen molar-refractivity contribution in [3.05, 3.63) is 24.3 Å². The molecule has 1 atom stereocenters. The predicted octanol–water partition coefficient (Wildman–Crippen LogP) is 11.7. The maximum absolute atomic E-state index is 10.3. The Kier molecular flexibility index (Phi) is 51.0. The lowest BCUT2D eigenvalue weighted by atomic mass is 10.1. The summed E-state index contributed by atoms with van der Waals surface area (Å²) in [6, 6.07) is 0. The molecular formula is C42H82O7. The smallest absolute Gasteiger partial charge is 0.303 e. The van der Waals surface area contributed by atoms with Gasteiger partial charge in [0.25, 0.3) is 0 Å². The van der Waals surface area contributed by atoms with Crippen LogP contribution in [0.25, 0.3) is 0 Å². The largest absolute Gasteiger partial charge is 0.481 e. The number of aliphatic hydroxyl groups is 3. The topological polar surface area (TPSA) is 135 Å². The van der Waals surface area contributed by atoms with Gasteiger partial charge in [-0.2, -0.15) is 0 Å². The molecule has 0 rings (SSSR count). The maximum Gasteiger partial charge on any atom is 0.303 e. The normalized spacial score (nSPS) is 11.7. The highest BCUT2D eigenvalue weighted by atomic mass is 16.4. The van der Waals surface area contributed by atoms with Crippen LogP contribution < -0.4 is 0 Å². The third-order valence-corrected chi connectivity index (χ3v) is 8.46. The van der Waals surface area contributed by atoms with Crippen LogP contribution in [0.2, 0.25) is 0 Å². The van der Waals surface area contributed by atoms with E-state index in [4.69, 9.17) is 25.5 Å². The zero-order valence-electron chi connectivity index (χ0n) is 32.3. The zero-order valence-corrected chi connectivity index (χ0v) is 32.3. The van der Waals surface area contributed by atoms with E-state index >= 15 is 0 Å². The van der Waals surface area contributed by atoms with E-state index in [1.165, 1.54) is 141 Å². The highest BCUT2D eigenvalue weighted by molar-refractivity contribution is 5.66. The van der Waals surface area contributed by atoms with Crippen LogP contribution >= 0.6 is 0 Å². The summed E-state index contributed by atoms with van der Waals surface area (Å²) in [5.74, 6) is -1.33. The minimum atomic E-state index is -0.664. The first-order valence-corrected chi connectivity index (χ1v) is 20.5. The molecular weight excluding hydrogens is 616 g/mol. The summed E-state index contributed by atoms with van der Waals surface area (Å²) in [7, 11) is 0. The standard InChI is InChI=1S/2C18H34O2.C6H14O3/c2*1-2-3-4-5-6-7-8-9-10-11-12-13-14-15-16-17-18(19)20;7-4-2-1-3-6(9)5-8/h2*9-10H,2-8,11-17H2,1H3,(H,19,20);6-9H,1-5H2/b2*10-9-;. The molecule has 0 aliphatic rings. The van der Waals surface area contributed by atoms with Crippen molar-refractivity contribution >= 4 is 11.9 Å².